The Morgan fingerprint density at radius 2 is 2.38 bits per heavy atom. The van der Waals surface area contributed by atoms with E-state index in [0.717, 1.165) is 12.5 Å². The molecule has 1 N–H and O–H groups in total. The lowest BCUT2D eigenvalue weighted by molar-refractivity contribution is 0.143. The molecule has 0 aromatic carbocycles. The second kappa shape index (κ2) is 5.41. The largest absolute Gasteiger partial charge is 0.317 e. The Hall–Kier alpha value is -0.930. The maximum atomic E-state index is 4.38. The van der Waals surface area contributed by atoms with Gasteiger partial charge < -0.3 is 5.32 Å². The van der Waals surface area contributed by atoms with Gasteiger partial charge in [-0.25, -0.2) is 0 Å². The highest BCUT2D eigenvalue weighted by Gasteiger charge is 2.24. The standard InChI is InChI=1S/C13H21N3/c1-11-9-16(8-6-13(11)14-2)10-12-5-3-4-7-15-12/h3-5,7,11,13-14H,6,8-10H2,1-2H3. The third-order valence-corrected chi connectivity index (χ3v) is 3.47. The van der Waals surface area contributed by atoms with Crippen LogP contribution in [0.25, 0.3) is 0 Å². The molecule has 2 rings (SSSR count). The first-order valence-electron chi connectivity index (χ1n) is 6.09. The maximum absolute atomic E-state index is 4.38. The number of nitrogens with one attached hydrogen (secondary N) is 1. The fourth-order valence-corrected chi connectivity index (χ4v) is 2.53. The summed E-state index contributed by atoms with van der Waals surface area (Å²) in [6.07, 6.45) is 3.11. The van der Waals surface area contributed by atoms with E-state index in [1.807, 2.05) is 12.3 Å². The monoisotopic (exact) mass is 219 g/mol. The summed E-state index contributed by atoms with van der Waals surface area (Å²) in [4.78, 5) is 6.88. The van der Waals surface area contributed by atoms with Crippen molar-refractivity contribution >= 4 is 0 Å². The van der Waals surface area contributed by atoms with E-state index < -0.39 is 0 Å². The van der Waals surface area contributed by atoms with Crippen molar-refractivity contribution in [1.29, 1.82) is 0 Å². The lowest BCUT2D eigenvalue weighted by Gasteiger charge is -2.36. The quantitative estimate of drug-likeness (QED) is 0.835. The number of hydrogen-bond donors (Lipinski definition) is 1. The van der Waals surface area contributed by atoms with E-state index in [0.29, 0.717) is 6.04 Å². The molecule has 1 aliphatic rings. The highest BCUT2D eigenvalue weighted by atomic mass is 15.2. The zero-order valence-electron chi connectivity index (χ0n) is 10.2. The van der Waals surface area contributed by atoms with Crippen LogP contribution >= 0.6 is 0 Å². The fraction of sp³-hybridized carbons (Fsp3) is 0.615. The molecule has 16 heavy (non-hydrogen) atoms. The van der Waals surface area contributed by atoms with Crippen LogP contribution in [0.5, 0.6) is 0 Å². The highest BCUT2D eigenvalue weighted by Crippen LogP contribution is 2.17. The summed E-state index contributed by atoms with van der Waals surface area (Å²) in [7, 11) is 2.07. The van der Waals surface area contributed by atoms with Crippen LogP contribution in [0.2, 0.25) is 0 Å². The molecule has 1 aromatic heterocycles. The zero-order valence-corrected chi connectivity index (χ0v) is 10.2. The van der Waals surface area contributed by atoms with Gasteiger partial charge in [-0.05, 0) is 31.5 Å². The second-order valence-electron chi connectivity index (χ2n) is 4.72. The second-order valence-corrected chi connectivity index (χ2v) is 4.72. The van der Waals surface area contributed by atoms with E-state index in [-0.39, 0.29) is 0 Å². The first-order chi connectivity index (χ1) is 7.79. The Balaban J connectivity index is 1.89. The zero-order chi connectivity index (χ0) is 11.4. The van der Waals surface area contributed by atoms with Crippen LogP contribution in [-0.2, 0) is 6.54 Å². The molecule has 2 atom stereocenters. The molecular weight excluding hydrogens is 198 g/mol. The van der Waals surface area contributed by atoms with Gasteiger partial charge in [0.05, 0.1) is 5.69 Å². The van der Waals surface area contributed by atoms with Crippen molar-refractivity contribution in [2.75, 3.05) is 20.1 Å². The number of pyridine rings is 1. The molecule has 0 spiro atoms. The number of likely N-dealkylation sites (tertiary alicyclic amines) is 1. The molecule has 1 saturated heterocycles. The van der Waals surface area contributed by atoms with Crippen LogP contribution in [0.3, 0.4) is 0 Å². The number of nitrogens with zero attached hydrogens (tertiary/aromatic N) is 2. The van der Waals surface area contributed by atoms with Gasteiger partial charge in [-0.1, -0.05) is 13.0 Å². The first kappa shape index (κ1) is 11.6. The predicted molar refractivity (Wildman–Crippen MR) is 66.1 cm³/mol. The summed E-state index contributed by atoms with van der Waals surface area (Å²) in [5, 5.41) is 3.40. The molecule has 0 radical (unpaired) electrons. The molecule has 0 aliphatic carbocycles. The van der Waals surface area contributed by atoms with Crippen molar-refractivity contribution < 1.29 is 0 Å². The lowest BCUT2D eigenvalue weighted by atomic mass is 9.94. The van der Waals surface area contributed by atoms with Gasteiger partial charge in [0.2, 0.25) is 0 Å². The number of hydrogen-bond acceptors (Lipinski definition) is 3. The molecule has 3 heteroatoms. The van der Waals surface area contributed by atoms with Crippen LogP contribution in [0.1, 0.15) is 19.0 Å². The van der Waals surface area contributed by atoms with E-state index in [1.54, 1.807) is 0 Å². The van der Waals surface area contributed by atoms with Gasteiger partial charge in [-0.2, -0.15) is 0 Å². The molecule has 88 valence electrons. The first-order valence-corrected chi connectivity index (χ1v) is 6.09. The van der Waals surface area contributed by atoms with Gasteiger partial charge >= 0.3 is 0 Å². The van der Waals surface area contributed by atoms with Crippen LogP contribution in [0.4, 0.5) is 0 Å². The molecule has 2 unspecified atom stereocenters. The third kappa shape index (κ3) is 2.80. The van der Waals surface area contributed by atoms with E-state index in [4.69, 9.17) is 0 Å². The van der Waals surface area contributed by atoms with Crippen LogP contribution in [0, 0.1) is 5.92 Å². The number of aromatic nitrogens is 1. The molecule has 0 bridgehead atoms. The van der Waals surface area contributed by atoms with Crippen LogP contribution < -0.4 is 5.32 Å². The topological polar surface area (TPSA) is 28.2 Å². The highest BCUT2D eigenvalue weighted by molar-refractivity contribution is 5.03. The van der Waals surface area contributed by atoms with Gasteiger partial charge in [-0.15, -0.1) is 0 Å². The van der Waals surface area contributed by atoms with E-state index in [1.165, 1.54) is 25.2 Å². The summed E-state index contributed by atoms with van der Waals surface area (Å²) in [5.41, 5.74) is 1.18. The summed E-state index contributed by atoms with van der Waals surface area (Å²) in [5.74, 6) is 0.725. The van der Waals surface area contributed by atoms with Gasteiger partial charge in [0.25, 0.3) is 0 Å². The number of rotatable bonds is 3. The molecular formula is C13H21N3. The van der Waals surface area contributed by atoms with Gasteiger partial charge in [0, 0.05) is 31.9 Å². The fourth-order valence-electron chi connectivity index (χ4n) is 2.53. The average Bonchev–Trinajstić information content (AvgIpc) is 2.31. The molecule has 2 heterocycles. The van der Waals surface area contributed by atoms with Crippen molar-refractivity contribution in [3.63, 3.8) is 0 Å². The van der Waals surface area contributed by atoms with Gasteiger partial charge in [-0.3, -0.25) is 9.88 Å². The van der Waals surface area contributed by atoms with Crippen LogP contribution in [0.15, 0.2) is 24.4 Å². The predicted octanol–water partition coefficient (Wildman–Crippen LogP) is 1.51. The SMILES string of the molecule is CNC1CCN(Cc2ccccn2)CC1C. The average molecular weight is 219 g/mol. The van der Waals surface area contributed by atoms with Crippen molar-refractivity contribution in [2.45, 2.75) is 25.9 Å². The summed E-state index contributed by atoms with van der Waals surface area (Å²) in [6.45, 7) is 5.65. The summed E-state index contributed by atoms with van der Waals surface area (Å²) < 4.78 is 0. The Labute approximate surface area is 97.9 Å². The Bertz CT molecular complexity index is 312. The van der Waals surface area contributed by atoms with E-state index in [9.17, 15) is 0 Å². The Morgan fingerprint density at radius 3 is 3.00 bits per heavy atom. The molecule has 1 fully saturated rings. The Kier molecular flexibility index (Phi) is 3.91. The van der Waals surface area contributed by atoms with Gasteiger partial charge in [0.1, 0.15) is 0 Å². The summed E-state index contributed by atoms with van der Waals surface area (Å²) in [6, 6.07) is 6.82. The molecule has 0 saturated carbocycles. The van der Waals surface area contributed by atoms with Crippen molar-refractivity contribution in [1.82, 2.24) is 15.2 Å². The molecule has 3 nitrogen and oxygen atoms in total. The van der Waals surface area contributed by atoms with Gasteiger partial charge in [0.15, 0.2) is 0 Å². The lowest BCUT2D eigenvalue weighted by Crippen LogP contribution is -2.46. The van der Waals surface area contributed by atoms with Crippen LogP contribution in [-0.4, -0.2) is 36.1 Å². The Morgan fingerprint density at radius 1 is 1.50 bits per heavy atom. The molecule has 0 amide bonds. The smallest absolute Gasteiger partial charge is 0.0543 e. The minimum atomic E-state index is 0.681. The normalized spacial score (nSPS) is 26.9. The van der Waals surface area contributed by atoms with Crippen molar-refractivity contribution in [2.24, 2.45) is 5.92 Å². The van der Waals surface area contributed by atoms with E-state index in [2.05, 4.69) is 41.3 Å². The van der Waals surface area contributed by atoms with E-state index >= 15 is 0 Å². The number of piperidine rings is 1. The molecule has 1 aromatic rings. The molecule has 1 aliphatic heterocycles. The maximum Gasteiger partial charge on any atom is 0.0543 e. The summed E-state index contributed by atoms with van der Waals surface area (Å²) >= 11 is 0. The third-order valence-electron chi connectivity index (χ3n) is 3.47. The van der Waals surface area contributed by atoms with Crippen molar-refractivity contribution in [3.8, 4) is 0 Å². The minimum absolute atomic E-state index is 0.681. The van der Waals surface area contributed by atoms with Crippen molar-refractivity contribution in [3.05, 3.63) is 30.1 Å². The minimum Gasteiger partial charge on any atom is -0.317 e.